The lowest BCUT2D eigenvalue weighted by molar-refractivity contribution is -0.125. The van der Waals surface area contributed by atoms with Crippen LogP contribution in [0.3, 0.4) is 0 Å². The number of nitrogens with zero attached hydrogens (tertiary/aromatic N) is 2. The fourth-order valence-corrected chi connectivity index (χ4v) is 3.53. The number of nitrogens with one attached hydrogen (secondary N) is 2. The van der Waals surface area contributed by atoms with E-state index in [4.69, 9.17) is 16.3 Å². The Morgan fingerprint density at radius 3 is 2.73 bits per heavy atom. The highest BCUT2D eigenvalue weighted by Gasteiger charge is 2.35. The van der Waals surface area contributed by atoms with E-state index in [9.17, 15) is 14.4 Å². The maximum Gasteiger partial charge on any atom is 0.258 e. The van der Waals surface area contributed by atoms with Crippen molar-refractivity contribution in [3.63, 3.8) is 0 Å². The van der Waals surface area contributed by atoms with Crippen molar-refractivity contribution < 1.29 is 19.1 Å². The summed E-state index contributed by atoms with van der Waals surface area (Å²) in [6.45, 7) is 0.643. The van der Waals surface area contributed by atoms with Gasteiger partial charge in [-0.2, -0.15) is 0 Å². The second-order valence-corrected chi connectivity index (χ2v) is 7.26. The molecule has 3 amide bonds. The maximum absolute atomic E-state index is 13.0. The molecule has 0 spiro atoms. The number of hydrogen-bond donors (Lipinski definition) is 2. The standard InChI is InChI=1S/C21H23ClN4O4/c1-30-18-5-4-14(22)13-16(18)21(29)26-12-2-3-17(26)20(28)24-11-8-19(27)25-15-6-9-23-10-7-15/h4-7,9-10,13,17H,2-3,8,11-12H2,1H3,(H,24,28)(H,23,25,27). The number of carbonyl (C=O) groups is 3. The van der Waals surface area contributed by atoms with E-state index in [2.05, 4.69) is 15.6 Å². The first-order chi connectivity index (χ1) is 14.5. The first-order valence-corrected chi connectivity index (χ1v) is 9.99. The van der Waals surface area contributed by atoms with Gasteiger partial charge >= 0.3 is 0 Å². The van der Waals surface area contributed by atoms with Crippen LogP contribution in [0.2, 0.25) is 5.02 Å². The number of anilines is 1. The molecule has 30 heavy (non-hydrogen) atoms. The van der Waals surface area contributed by atoms with Crippen LogP contribution in [0.25, 0.3) is 0 Å². The van der Waals surface area contributed by atoms with Crippen LogP contribution in [-0.4, -0.2) is 53.8 Å². The number of likely N-dealkylation sites (tertiary alicyclic amines) is 1. The van der Waals surface area contributed by atoms with Crippen molar-refractivity contribution in [1.29, 1.82) is 0 Å². The highest BCUT2D eigenvalue weighted by Crippen LogP contribution is 2.27. The van der Waals surface area contributed by atoms with Crippen molar-refractivity contribution in [1.82, 2.24) is 15.2 Å². The Morgan fingerprint density at radius 1 is 1.23 bits per heavy atom. The number of benzene rings is 1. The number of aromatic nitrogens is 1. The summed E-state index contributed by atoms with van der Waals surface area (Å²) >= 11 is 6.03. The van der Waals surface area contributed by atoms with E-state index in [1.54, 1.807) is 42.7 Å². The highest BCUT2D eigenvalue weighted by molar-refractivity contribution is 6.31. The number of carbonyl (C=O) groups excluding carboxylic acids is 3. The zero-order chi connectivity index (χ0) is 21.5. The highest BCUT2D eigenvalue weighted by atomic mass is 35.5. The van der Waals surface area contributed by atoms with E-state index in [1.165, 1.54) is 12.0 Å². The van der Waals surface area contributed by atoms with Gasteiger partial charge in [-0.3, -0.25) is 19.4 Å². The third kappa shape index (κ3) is 5.27. The number of halogens is 1. The fourth-order valence-electron chi connectivity index (χ4n) is 3.36. The second kappa shape index (κ2) is 10.1. The van der Waals surface area contributed by atoms with Crippen molar-refractivity contribution in [2.75, 3.05) is 25.5 Å². The molecule has 2 heterocycles. The van der Waals surface area contributed by atoms with Gasteiger partial charge in [-0.15, -0.1) is 0 Å². The predicted molar refractivity (Wildman–Crippen MR) is 113 cm³/mol. The molecule has 0 radical (unpaired) electrons. The fraction of sp³-hybridized carbons (Fsp3) is 0.333. The molecule has 0 saturated carbocycles. The van der Waals surface area contributed by atoms with Crippen molar-refractivity contribution in [2.45, 2.75) is 25.3 Å². The van der Waals surface area contributed by atoms with Gasteiger partial charge in [-0.1, -0.05) is 11.6 Å². The van der Waals surface area contributed by atoms with Gasteiger partial charge in [0.25, 0.3) is 5.91 Å². The van der Waals surface area contributed by atoms with Gasteiger partial charge in [0.05, 0.1) is 12.7 Å². The number of hydrogen-bond acceptors (Lipinski definition) is 5. The van der Waals surface area contributed by atoms with E-state index < -0.39 is 6.04 Å². The molecule has 1 aliphatic rings. The number of rotatable bonds is 7. The Hall–Kier alpha value is -3.13. The summed E-state index contributed by atoms with van der Waals surface area (Å²) in [5.41, 5.74) is 0.964. The largest absolute Gasteiger partial charge is 0.496 e. The van der Waals surface area contributed by atoms with Crippen LogP contribution in [0, 0.1) is 0 Å². The number of methoxy groups -OCH3 is 1. The minimum atomic E-state index is -0.593. The SMILES string of the molecule is COc1ccc(Cl)cc1C(=O)N1CCCC1C(=O)NCCC(=O)Nc1ccncc1. The van der Waals surface area contributed by atoms with Crippen LogP contribution in [0.1, 0.15) is 29.6 Å². The van der Waals surface area contributed by atoms with Crippen molar-refractivity contribution >= 4 is 35.0 Å². The van der Waals surface area contributed by atoms with Gasteiger partial charge in [-0.25, -0.2) is 0 Å². The smallest absolute Gasteiger partial charge is 0.258 e. The molecule has 1 aliphatic heterocycles. The predicted octanol–water partition coefficient (Wildman–Crippen LogP) is 2.49. The molecule has 2 N–H and O–H groups in total. The Morgan fingerprint density at radius 2 is 2.00 bits per heavy atom. The second-order valence-electron chi connectivity index (χ2n) is 6.83. The third-order valence-electron chi connectivity index (χ3n) is 4.82. The monoisotopic (exact) mass is 430 g/mol. The van der Waals surface area contributed by atoms with Crippen LogP contribution in [0.4, 0.5) is 5.69 Å². The molecule has 2 aromatic rings. The molecular weight excluding hydrogens is 408 g/mol. The molecule has 1 unspecified atom stereocenters. The summed E-state index contributed by atoms with van der Waals surface area (Å²) in [5.74, 6) is -0.395. The normalized spacial score (nSPS) is 15.5. The summed E-state index contributed by atoms with van der Waals surface area (Å²) in [7, 11) is 1.48. The van der Waals surface area contributed by atoms with Crippen LogP contribution < -0.4 is 15.4 Å². The van der Waals surface area contributed by atoms with Gasteiger partial charge < -0.3 is 20.3 Å². The Bertz CT molecular complexity index is 922. The van der Waals surface area contributed by atoms with E-state index in [-0.39, 0.29) is 30.7 Å². The molecule has 0 aliphatic carbocycles. The minimum absolute atomic E-state index is 0.122. The molecule has 9 heteroatoms. The van der Waals surface area contributed by atoms with Crippen molar-refractivity contribution in [2.24, 2.45) is 0 Å². The molecule has 1 aromatic carbocycles. The molecule has 0 bridgehead atoms. The average molecular weight is 431 g/mol. The lowest BCUT2D eigenvalue weighted by atomic mass is 10.1. The van der Waals surface area contributed by atoms with Gasteiger partial charge in [0.15, 0.2) is 0 Å². The van der Waals surface area contributed by atoms with E-state index in [0.717, 1.165) is 6.42 Å². The van der Waals surface area contributed by atoms with Gasteiger partial charge in [0.2, 0.25) is 11.8 Å². The van der Waals surface area contributed by atoms with E-state index in [0.29, 0.717) is 35.0 Å². The summed E-state index contributed by atoms with van der Waals surface area (Å²) in [6, 6.07) is 7.58. The molecule has 3 rings (SSSR count). The average Bonchev–Trinajstić information content (AvgIpc) is 3.24. The van der Waals surface area contributed by atoms with Crippen molar-refractivity contribution in [3.05, 3.63) is 53.3 Å². The van der Waals surface area contributed by atoms with E-state index >= 15 is 0 Å². The molecule has 8 nitrogen and oxygen atoms in total. The zero-order valence-corrected chi connectivity index (χ0v) is 17.3. The van der Waals surface area contributed by atoms with Crippen LogP contribution in [0.15, 0.2) is 42.7 Å². The molecular formula is C21H23ClN4O4. The van der Waals surface area contributed by atoms with Crippen LogP contribution in [-0.2, 0) is 9.59 Å². The molecule has 1 fully saturated rings. The lowest BCUT2D eigenvalue weighted by Gasteiger charge is -2.24. The summed E-state index contributed by atoms with van der Waals surface area (Å²) in [4.78, 5) is 43.1. The number of ether oxygens (including phenoxy) is 1. The molecule has 158 valence electrons. The Kier molecular flexibility index (Phi) is 7.24. The Labute approximate surface area is 179 Å². The topological polar surface area (TPSA) is 101 Å². The van der Waals surface area contributed by atoms with Gasteiger partial charge in [-0.05, 0) is 43.2 Å². The first-order valence-electron chi connectivity index (χ1n) is 9.61. The quantitative estimate of drug-likeness (QED) is 0.702. The molecule has 1 atom stereocenters. The number of pyridine rings is 1. The third-order valence-corrected chi connectivity index (χ3v) is 5.06. The van der Waals surface area contributed by atoms with Crippen LogP contribution >= 0.6 is 11.6 Å². The first kappa shape index (κ1) is 21.6. The molecule has 1 aromatic heterocycles. The summed E-state index contributed by atoms with van der Waals surface area (Å²) in [5, 5.41) is 5.90. The minimum Gasteiger partial charge on any atom is -0.496 e. The molecule has 1 saturated heterocycles. The summed E-state index contributed by atoms with van der Waals surface area (Å²) < 4.78 is 5.26. The van der Waals surface area contributed by atoms with Crippen LogP contribution in [0.5, 0.6) is 5.75 Å². The van der Waals surface area contributed by atoms with E-state index in [1.807, 2.05) is 0 Å². The van der Waals surface area contributed by atoms with Crippen molar-refractivity contribution in [3.8, 4) is 5.75 Å². The van der Waals surface area contributed by atoms with Gasteiger partial charge in [0.1, 0.15) is 11.8 Å². The maximum atomic E-state index is 13.0. The van der Waals surface area contributed by atoms with Gasteiger partial charge in [0, 0.05) is 42.6 Å². The Balaban J connectivity index is 1.56. The summed E-state index contributed by atoms with van der Waals surface area (Å²) in [6.07, 6.45) is 4.56. The lowest BCUT2D eigenvalue weighted by Crippen LogP contribution is -2.46. The number of amides is 3. The zero-order valence-electron chi connectivity index (χ0n) is 16.6.